The molecule has 0 aromatic heterocycles. The fourth-order valence-corrected chi connectivity index (χ4v) is 2.46. The summed E-state index contributed by atoms with van der Waals surface area (Å²) in [7, 11) is 2.55. The maximum absolute atomic E-state index is 13.8. The lowest BCUT2D eigenvalue weighted by molar-refractivity contribution is -0.167. The van der Waals surface area contributed by atoms with E-state index in [4.69, 9.17) is 14.2 Å². The van der Waals surface area contributed by atoms with Crippen LogP contribution in [0.3, 0.4) is 0 Å². The summed E-state index contributed by atoms with van der Waals surface area (Å²) >= 11 is 0. The van der Waals surface area contributed by atoms with Gasteiger partial charge in [0, 0.05) is 13.7 Å². The highest BCUT2D eigenvalue weighted by Crippen LogP contribution is 2.21. The summed E-state index contributed by atoms with van der Waals surface area (Å²) in [6, 6.07) is 3.64. The third-order valence-electron chi connectivity index (χ3n) is 3.85. The van der Waals surface area contributed by atoms with Gasteiger partial charge in [-0.05, 0) is 44.9 Å². The number of Topliss-reactive ketones (excluding diaryl/α,β-unsaturated/α-hetero) is 2. The Labute approximate surface area is 157 Å². The van der Waals surface area contributed by atoms with Crippen LogP contribution in [-0.2, 0) is 23.8 Å². The zero-order chi connectivity index (χ0) is 20.4. The number of methoxy groups -OCH3 is 2. The van der Waals surface area contributed by atoms with E-state index in [-0.39, 0.29) is 36.7 Å². The lowest BCUT2D eigenvalue weighted by Crippen LogP contribution is -2.35. The monoisotopic (exact) mass is 384 g/mol. The van der Waals surface area contributed by atoms with Crippen molar-refractivity contribution in [3.63, 3.8) is 0 Å². The summed E-state index contributed by atoms with van der Waals surface area (Å²) in [4.78, 5) is 35.6. The van der Waals surface area contributed by atoms with E-state index in [1.54, 1.807) is 6.92 Å². The first-order valence-electron chi connectivity index (χ1n) is 8.54. The lowest BCUT2D eigenvalue weighted by Gasteiger charge is -2.19. The number of ether oxygens (including phenoxy) is 4. The standard InChI is InChI=1S/C19H25FO7/c1-5-26-19(25-4)17(22)14(12(2)21)7-6-10-27-16-11-13(18(23)24-3)8-9-15(16)20/h8-9,11,14,19H,5-7,10H2,1-4H3. The Bertz CT molecular complexity index is 659. The summed E-state index contributed by atoms with van der Waals surface area (Å²) in [6.45, 7) is 3.37. The first-order valence-corrected chi connectivity index (χ1v) is 8.54. The zero-order valence-corrected chi connectivity index (χ0v) is 16.0. The normalized spacial score (nSPS) is 12.9. The van der Waals surface area contributed by atoms with Crippen LogP contribution in [0.25, 0.3) is 0 Å². The second kappa shape index (κ2) is 11.4. The maximum Gasteiger partial charge on any atom is 0.337 e. The minimum Gasteiger partial charge on any atom is -0.490 e. The van der Waals surface area contributed by atoms with Crippen molar-refractivity contribution in [2.45, 2.75) is 33.0 Å². The number of carbonyl (C=O) groups is 3. The van der Waals surface area contributed by atoms with Gasteiger partial charge in [0.25, 0.3) is 0 Å². The number of benzene rings is 1. The van der Waals surface area contributed by atoms with Crippen LogP contribution < -0.4 is 4.74 Å². The highest BCUT2D eigenvalue weighted by molar-refractivity contribution is 6.02. The molecule has 7 nitrogen and oxygen atoms in total. The van der Waals surface area contributed by atoms with Crippen LogP contribution in [0.2, 0.25) is 0 Å². The van der Waals surface area contributed by atoms with Gasteiger partial charge in [0.15, 0.2) is 17.3 Å². The number of esters is 1. The van der Waals surface area contributed by atoms with Gasteiger partial charge in [-0.25, -0.2) is 9.18 Å². The highest BCUT2D eigenvalue weighted by Gasteiger charge is 2.30. The van der Waals surface area contributed by atoms with E-state index >= 15 is 0 Å². The number of halogens is 1. The smallest absolute Gasteiger partial charge is 0.337 e. The molecule has 2 unspecified atom stereocenters. The molecule has 0 amide bonds. The Balaban J connectivity index is 2.66. The van der Waals surface area contributed by atoms with Gasteiger partial charge in [0.1, 0.15) is 5.78 Å². The van der Waals surface area contributed by atoms with Crippen molar-refractivity contribution in [2.24, 2.45) is 5.92 Å². The number of hydrogen-bond donors (Lipinski definition) is 0. The van der Waals surface area contributed by atoms with E-state index in [2.05, 4.69) is 4.74 Å². The Morgan fingerprint density at radius 3 is 2.44 bits per heavy atom. The van der Waals surface area contributed by atoms with Gasteiger partial charge in [-0.3, -0.25) is 9.59 Å². The fraction of sp³-hybridized carbons (Fsp3) is 0.526. The van der Waals surface area contributed by atoms with E-state index in [9.17, 15) is 18.8 Å². The van der Waals surface area contributed by atoms with Crippen molar-refractivity contribution in [3.05, 3.63) is 29.6 Å². The van der Waals surface area contributed by atoms with Gasteiger partial charge < -0.3 is 18.9 Å². The van der Waals surface area contributed by atoms with Gasteiger partial charge in [-0.1, -0.05) is 0 Å². The van der Waals surface area contributed by atoms with Crippen molar-refractivity contribution < 1.29 is 37.7 Å². The second-order valence-electron chi connectivity index (χ2n) is 5.72. The Morgan fingerprint density at radius 1 is 1.19 bits per heavy atom. The summed E-state index contributed by atoms with van der Waals surface area (Å²) in [6.07, 6.45) is -0.571. The predicted molar refractivity (Wildman–Crippen MR) is 94.1 cm³/mol. The largest absolute Gasteiger partial charge is 0.490 e. The first-order chi connectivity index (χ1) is 12.8. The molecule has 0 aliphatic rings. The van der Waals surface area contributed by atoms with Crippen molar-refractivity contribution in [1.29, 1.82) is 0 Å². The predicted octanol–water partition coefficient (Wildman–Crippen LogP) is 2.55. The van der Waals surface area contributed by atoms with E-state index < -0.39 is 29.8 Å². The Kier molecular flexibility index (Phi) is 9.60. The van der Waals surface area contributed by atoms with E-state index in [0.717, 1.165) is 6.07 Å². The first kappa shape index (κ1) is 22.7. The molecule has 0 N–H and O–H groups in total. The van der Waals surface area contributed by atoms with Crippen LogP contribution in [0, 0.1) is 11.7 Å². The zero-order valence-electron chi connectivity index (χ0n) is 16.0. The van der Waals surface area contributed by atoms with Crippen molar-refractivity contribution >= 4 is 17.5 Å². The number of ketones is 2. The minimum absolute atomic E-state index is 0.0604. The topological polar surface area (TPSA) is 88.1 Å². The molecule has 27 heavy (non-hydrogen) atoms. The minimum atomic E-state index is -1.10. The molecule has 0 aliphatic heterocycles. The summed E-state index contributed by atoms with van der Waals surface area (Å²) in [5, 5.41) is 0. The SMILES string of the molecule is CCOC(OC)C(=O)C(CCCOc1cc(C(=O)OC)ccc1F)C(C)=O. The lowest BCUT2D eigenvalue weighted by atomic mass is 9.94. The summed E-state index contributed by atoms with van der Waals surface area (Å²) in [5.41, 5.74) is 0.158. The van der Waals surface area contributed by atoms with Gasteiger partial charge >= 0.3 is 5.97 Å². The molecule has 0 bridgehead atoms. The van der Waals surface area contributed by atoms with E-state index in [0.29, 0.717) is 6.42 Å². The van der Waals surface area contributed by atoms with Crippen LogP contribution in [0.4, 0.5) is 4.39 Å². The average molecular weight is 384 g/mol. The molecule has 2 atom stereocenters. The molecule has 8 heteroatoms. The van der Waals surface area contributed by atoms with Crippen LogP contribution in [0.15, 0.2) is 18.2 Å². The molecule has 0 fully saturated rings. The molecular formula is C19H25FO7. The molecule has 0 saturated carbocycles. The van der Waals surface area contributed by atoms with E-state index in [1.165, 1.54) is 33.3 Å². The quantitative estimate of drug-likeness (QED) is 0.237. The molecule has 0 heterocycles. The fourth-order valence-electron chi connectivity index (χ4n) is 2.46. The second-order valence-corrected chi connectivity index (χ2v) is 5.72. The molecule has 1 rings (SSSR count). The van der Waals surface area contributed by atoms with Crippen LogP contribution in [-0.4, -0.2) is 51.3 Å². The molecular weight excluding hydrogens is 359 g/mol. The molecule has 1 aromatic carbocycles. The van der Waals surface area contributed by atoms with Crippen molar-refractivity contribution in [3.8, 4) is 5.75 Å². The molecule has 0 radical (unpaired) electrons. The van der Waals surface area contributed by atoms with E-state index in [1.807, 2.05) is 0 Å². The van der Waals surface area contributed by atoms with Gasteiger partial charge in [0.2, 0.25) is 6.29 Å². The molecule has 0 aliphatic carbocycles. The number of carbonyl (C=O) groups excluding carboxylic acids is 3. The highest BCUT2D eigenvalue weighted by atomic mass is 19.1. The Hall–Kier alpha value is -2.32. The third kappa shape index (κ3) is 6.73. The van der Waals surface area contributed by atoms with Crippen LogP contribution in [0.5, 0.6) is 5.75 Å². The van der Waals surface area contributed by atoms with Gasteiger partial charge in [-0.15, -0.1) is 0 Å². The Morgan fingerprint density at radius 2 is 1.89 bits per heavy atom. The van der Waals surface area contributed by atoms with Crippen molar-refractivity contribution in [1.82, 2.24) is 0 Å². The maximum atomic E-state index is 13.8. The molecule has 0 spiro atoms. The number of hydrogen-bond acceptors (Lipinski definition) is 7. The molecule has 0 saturated heterocycles. The number of rotatable bonds is 12. The van der Waals surface area contributed by atoms with Crippen LogP contribution in [0.1, 0.15) is 37.0 Å². The van der Waals surface area contributed by atoms with Gasteiger partial charge in [0.05, 0.1) is 25.2 Å². The van der Waals surface area contributed by atoms with Gasteiger partial charge in [-0.2, -0.15) is 0 Å². The summed E-state index contributed by atoms with van der Waals surface area (Å²) < 4.78 is 33.9. The van der Waals surface area contributed by atoms with Crippen LogP contribution >= 0.6 is 0 Å². The summed E-state index contributed by atoms with van der Waals surface area (Å²) in [5.74, 6) is -2.99. The van der Waals surface area contributed by atoms with Crippen molar-refractivity contribution in [2.75, 3.05) is 27.4 Å². The third-order valence-corrected chi connectivity index (χ3v) is 3.85. The molecule has 150 valence electrons. The molecule has 1 aromatic rings. The average Bonchev–Trinajstić information content (AvgIpc) is 2.65.